The van der Waals surface area contributed by atoms with Crippen molar-refractivity contribution in [3.63, 3.8) is 0 Å². The number of fused-ring (bicyclic) bond motifs is 2. The average molecular weight is 410 g/mol. The second-order valence-electron chi connectivity index (χ2n) is 10.7. The Bertz CT molecular complexity index is 877. The first-order valence-corrected chi connectivity index (χ1v) is 12.2. The first kappa shape index (κ1) is 19.1. The molecule has 3 bridgehead atoms. The highest BCUT2D eigenvalue weighted by Crippen LogP contribution is 2.76. The van der Waals surface area contributed by atoms with Crippen molar-refractivity contribution in [1.82, 2.24) is 0 Å². The van der Waals surface area contributed by atoms with E-state index in [4.69, 9.17) is 10.5 Å². The minimum atomic E-state index is -4.06. The summed E-state index contributed by atoms with van der Waals surface area (Å²) in [5.74, 6) is 1.12. The van der Waals surface area contributed by atoms with Crippen molar-refractivity contribution in [3.8, 4) is 0 Å². The third-order valence-corrected chi connectivity index (χ3v) is 10.3. The van der Waals surface area contributed by atoms with Crippen molar-refractivity contribution >= 4 is 16.1 Å². The number of nitrogens with two attached hydrogens (primary N) is 1. The standard InChI is InChI=1S/C21H31NO5S/c1-12-13(3-4-19(12,2)11-28(24,25)26)6-17(23)27-18-14-5-16-10-21(22)9-15(18)8-20(16,21)7-14/h14-16,18H,3-11,22H2,1-2H3,(H,24,25,26). The molecule has 4 saturated carbocycles. The van der Waals surface area contributed by atoms with E-state index in [0.717, 1.165) is 49.2 Å². The Morgan fingerprint density at radius 1 is 1.25 bits per heavy atom. The lowest BCUT2D eigenvalue weighted by atomic mass is 9.51. The van der Waals surface area contributed by atoms with E-state index in [1.165, 1.54) is 0 Å². The van der Waals surface area contributed by atoms with Crippen molar-refractivity contribution in [1.29, 1.82) is 0 Å². The van der Waals surface area contributed by atoms with Crippen LogP contribution < -0.4 is 5.73 Å². The molecule has 0 heterocycles. The van der Waals surface area contributed by atoms with Gasteiger partial charge in [-0.2, -0.15) is 8.42 Å². The Labute approximate surface area is 167 Å². The highest BCUT2D eigenvalue weighted by molar-refractivity contribution is 7.85. The molecule has 7 unspecified atom stereocenters. The van der Waals surface area contributed by atoms with Gasteiger partial charge < -0.3 is 10.5 Å². The summed E-state index contributed by atoms with van der Waals surface area (Å²) in [4.78, 5) is 12.8. The summed E-state index contributed by atoms with van der Waals surface area (Å²) in [7, 11) is -4.06. The van der Waals surface area contributed by atoms with Gasteiger partial charge in [0.05, 0.1) is 12.2 Å². The number of hydrogen-bond acceptors (Lipinski definition) is 5. The number of hydrogen-bond donors (Lipinski definition) is 2. The minimum Gasteiger partial charge on any atom is -0.462 e. The lowest BCUT2D eigenvalue weighted by molar-refractivity contribution is -0.156. The highest BCUT2D eigenvalue weighted by atomic mass is 32.2. The Kier molecular flexibility index (Phi) is 3.82. The van der Waals surface area contributed by atoms with Crippen LogP contribution in [0.3, 0.4) is 0 Å². The second-order valence-corrected chi connectivity index (χ2v) is 12.2. The lowest BCUT2D eigenvalue weighted by Crippen LogP contribution is -2.63. The zero-order valence-corrected chi connectivity index (χ0v) is 17.6. The van der Waals surface area contributed by atoms with Crippen LogP contribution in [0.5, 0.6) is 0 Å². The normalized spacial score (nSPS) is 48.7. The maximum absolute atomic E-state index is 12.8. The van der Waals surface area contributed by atoms with E-state index in [2.05, 4.69) is 0 Å². The monoisotopic (exact) mass is 409 g/mol. The summed E-state index contributed by atoms with van der Waals surface area (Å²) in [5.41, 5.74) is 8.32. The van der Waals surface area contributed by atoms with Gasteiger partial charge in [-0.05, 0) is 75.0 Å². The first-order valence-electron chi connectivity index (χ1n) is 10.6. The molecule has 28 heavy (non-hydrogen) atoms. The molecule has 0 aromatic rings. The van der Waals surface area contributed by atoms with Crippen molar-refractivity contribution in [3.05, 3.63) is 11.1 Å². The third-order valence-electron chi connectivity index (χ3n) is 9.32. The predicted octanol–water partition coefficient (Wildman–Crippen LogP) is 2.83. The number of allylic oxidation sites excluding steroid dienone is 1. The van der Waals surface area contributed by atoms with E-state index in [1.54, 1.807) is 0 Å². The van der Waals surface area contributed by atoms with Gasteiger partial charge in [-0.25, -0.2) is 0 Å². The number of carbonyl (C=O) groups is 1. The topological polar surface area (TPSA) is 107 Å². The number of esters is 1. The Morgan fingerprint density at radius 2 is 1.96 bits per heavy atom. The molecular formula is C21H31NO5S. The molecule has 7 heteroatoms. The van der Waals surface area contributed by atoms with Crippen molar-refractivity contribution in [2.24, 2.45) is 34.3 Å². The summed E-state index contributed by atoms with van der Waals surface area (Å²) in [6, 6.07) is 0. The van der Waals surface area contributed by atoms with Gasteiger partial charge in [0.2, 0.25) is 0 Å². The van der Waals surface area contributed by atoms with E-state index in [0.29, 0.717) is 30.1 Å². The van der Waals surface area contributed by atoms with Gasteiger partial charge in [0.15, 0.2) is 0 Å². The minimum absolute atomic E-state index is 0.00265. The third kappa shape index (κ3) is 2.51. The molecule has 0 aromatic carbocycles. The van der Waals surface area contributed by atoms with Crippen LogP contribution in [0, 0.1) is 28.6 Å². The lowest BCUT2D eigenvalue weighted by Gasteiger charge is -2.57. The predicted molar refractivity (Wildman–Crippen MR) is 104 cm³/mol. The SMILES string of the molecule is CC1=C(CC(=O)OC2C3CC4CC5(N)CC2CC45C3)CCC1(C)CS(=O)(=O)O. The van der Waals surface area contributed by atoms with E-state index in [-0.39, 0.29) is 29.8 Å². The fourth-order valence-electron chi connectivity index (χ4n) is 7.92. The van der Waals surface area contributed by atoms with Crippen molar-refractivity contribution in [2.75, 3.05) is 5.75 Å². The van der Waals surface area contributed by atoms with Gasteiger partial charge in [-0.15, -0.1) is 0 Å². The van der Waals surface area contributed by atoms with E-state index >= 15 is 0 Å². The Morgan fingerprint density at radius 3 is 2.68 bits per heavy atom. The van der Waals surface area contributed by atoms with Crippen LogP contribution in [-0.4, -0.2) is 36.3 Å². The molecule has 0 radical (unpaired) electrons. The summed E-state index contributed by atoms with van der Waals surface area (Å²) < 4.78 is 38.0. The molecule has 0 saturated heterocycles. The molecule has 156 valence electrons. The van der Waals surface area contributed by atoms with E-state index in [1.807, 2.05) is 13.8 Å². The molecule has 3 N–H and O–H groups in total. The van der Waals surface area contributed by atoms with Crippen LogP contribution in [0.4, 0.5) is 0 Å². The molecule has 6 nitrogen and oxygen atoms in total. The summed E-state index contributed by atoms with van der Waals surface area (Å²) in [5, 5.41) is 0. The van der Waals surface area contributed by atoms with E-state index in [9.17, 15) is 17.8 Å². The molecule has 0 aliphatic heterocycles. The van der Waals surface area contributed by atoms with Crippen LogP contribution in [0.15, 0.2) is 11.1 Å². The van der Waals surface area contributed by atoms with E-state index < -0.39 is 15.5 Å². The summed E-state index contributed by atoms with van der Waals surface area (Å²) >= 11 is 0. The summed E-state index contributed by atoms with van der Waals surface area (Å²) in [6.45, 7) is 3.73. The molecular weight excluding hydrogens is 378 g/mol. The number of carbonyl (C=O) groups excluding carboxylic acids is 1. The average Bonchev–Trinajstić information content (AvgIpc) is 3.05. The molecule has 0 aromatic heterocycles. The number of ether oxygens (including phenoxy) is 1. The van der Waals surface area contributed by atoms with Gasteiger partial charge in [0, 0.05) is 11.0 Å². The maximum Gasteiger partial charge on any atom is 0.310 e. The zero-order chi connectivity index (χ0) is 20.1. The van der Waals surface area contributed by atoms with Gasteiger partial charge in [-0.3, -0.25) is 9.35 Å². The first-order chi connectivity index (χ1) is 12.9. The van der Waals surface area contributed by atoms with Crippen LogP contribution in [0.1, 0.15) is 65.2 Å². The molecule has 7 atom stereocenters. The zero-order valence-electron chi connectivity index (χ0n) is 16.7. The molecule has 0 amide bonds. The second kappa shape index (κ2) is 5.61. The fourth-order valence-corrected chi connectivity index (χ4v) is 9.08. The van der Waals surface area contributed by atoms with Crippen LogP contribution >= 0.6 is 0 Å². The van der Waals surface area contributed by atoms with Gasteiger partial charge in [0.1, 0.15) is 6.10 Å². The quantitative estimate of drug-likeness (QED) is 0.411. The van der Waals surface area contributed by atoms with Crippen LogP contribution in [0.2, 0.25) is 0 Å². The van der Waals surface area contributed by atoms with Crippen molar-refractivity contribution in [2.45, 2.75) is 76.9 Å². The van der Waals surface area contributed by atoms with Gasteiger partial charge in [-0.1, -0.05) is 18.1 Å². The Balaban J connectivity index is 1.27. The highest BCUT2D eigenvalue weighted by Gasteiger charge is 2.75. The number of rotatable bonds is 5. The van der Waals surface area contributed by atoms with Crippen molar-refractivity contribution < 1.29 is 22.5 Å². The largest absolute Gasteiger partial charge is 0.462 e. The van der Waals surface area contributed by atoms with Crippen LogP contribution in [-0.2, 0) is 19.6 Å². The molecule has 5 aliphatic rings. The molecule has 5 aliphatic carbocycles. The molecule has 4 fully saturated rings. The fraction of sp³-hybridized carbons (Fsp3) is 0.857. The van der Waals surface area contributed by atoms with Gasteiger partial charge >= 0.3 is 5.97 Å². The molecule has 1 spiro atoms. The van der Waals surface area contributed by atoms with Gasteiger partial charge in [0.25, 0.3) is 10.1 Å². The molecule has 5 rings (SSSR count). The maximum atomic E-state index is 12.8. The van der Waals surface area contributed by atoms with Crippen LogP contribution in [0.25, 0.3) is 0 Å². The Hall–Kier alpha value is -0.920. The summed E-state index contributed by atoms with van der Waals surface area (Å²) in [6.07, 6.45) is 7.09. The smallest absolute Gasteiger partial charge is 0.310 e.